The Morgan fingerprint density at radius 3 is 2.57 bits per heavy atom. The van der Waals surface area contributed by atoms with Crippen LogP contribution in [-0.4, -0.2) is 28.1 Å². The van der Waals surface area contributed by atoms with Crippen molar-refractivity contribution >= 4 is 22.6 Å². The summed E-state index contributed by atoms with van der Waals surface area (Å²) in [7, 11) is 0. The molecule has 1 amide bonds. The first-order valence-electron chi connectivity index (χ1n) is 6.79. The molecule has 0 heterocycles. The van der Waals surface area contributed by atoms with Crippen molar-refractivity contribution in [1.29, 1.82) is 0 Å². The van der Waals surface area contributed by atoms with E-state index >= 15 is 0 Å². The SMILES string of the molecule is CCC[C@H](NC(=O)c1ccc2ccccc2c1O)C(=O)O. The molecular weight excluding hydrogens is 270 g/mol. The summed E-state index contributed by atoms with van der Waals surface area (Å²) in [4.78, 5) is 23.2. The molecule has 3 N–H and O–H groups in total. The van der Waals surface area contributed by atoms with Crippen molar-refractivity contribution < 1.29 is 19.8 Å². The zero-order valence-electron chi connectivity index (χ0n) is 11.7. The summed E-state index contributed by atoms with van der Waals surface area (Å²) >= 11 is 0. The minimum absolute atomic E-state index is 0.0797. The smallest absolute Gasteiger partial charge is 0.326 e. The van der Waals surface area contributed by atoms with Gasteiger partial charge in [0.05, 0.1) is 5.56 Å². The van der Waals surface area contributed by atoms with Gasteiger partial charge >= 0.3 is 5.97 Å². The van der Waals surface area contributed by atoms with Gasteiger partial charge in [-0.25, -0.2) is 4.79 Å². The van der Waals surface area contributed by atoms with E-state index in [0.717, 1.165) is 5.39 Å². The molecule has 2 aromatic carbocycles. The lowest BCUT2D eigenvalue weighted by Gasteiger charge is -2.14. The van der Waals surface area contributed by atoms with Crippen LogP contribution in [0.5, 0.6) is 5.75 Å². The topological polar surface area (TPSA) is 86.6 Å². The lowest BCUT2D eigenvalue weighted by Crippen LogP contribution is -2.40. The summed E-state index contributed by atoms with van der Waals surface area (Å²) in [6.07, 6.45) is 0.983. The lowest BCUT2D eigenvalue weighted by molar-refractivity contribution is -0.139. The molecule has 0 spiro atoms. The highest BCUT2D eigenvalue weighted by atomic mass is 16.4. The van der Waals surface area contributed by atoms with Crippen molar-refractivity contribution in [2.75, 3.05) is 0 Å². The minimum Gasteiger partial charge on any atom is -0.506 e. The van der Waals surface area contributed by atoms with Crippen LogP contribution in [0.1, 0.15) is 30.1 Å². The van der Waals surface area contributed by atoms with Gasteiger partial charge in [-0.2, -0.15) is 0 Å². The quantitative estimate of drug-likeness (QED) is 0.788. The molecule has 5 nitrogen and oxygen atoms in total. The number of benzene rings is 2. The van der Waals surface area contributed by atoms with E-state index < -0.39 is 17.9 Å². The predicted molar refractivity (Wildman–Crippen MR) is 79.4 cm³/mol. The number of hydrogen-bond acceptors (Lipinski definition) is 3. The summed E-state index contributed by atoms with van der Waals surface area (Å²) in [5, 5.41) is 23.1. The molecule has 0 radical (unpaired) electrons. The van der Waals surface area contributed by atoms with Crippen LogP contribution in [-0.2, 0) is 4.79 Å². The number of nitrogens with one attached hydrogen (secondary N) is 1. The molecule has 0 unspecified atom stereocenters. The van der Waals surface area contributed by atoms with Gasteiger partial charge in [-0.1, -0.05) is 43.7 Å². The molecule has 0 saturated carbocycles. The van der Waals surface area contributed by atoms with E-state index in [4.69, 9.17) is 5.11 Å². The molecule has 0 aliphatic carbocycles. The molecule has 110 valence electrons. The van der Waals surface area contributed by atoms with E-state index in [9.17, 15) is 14.7 Å². The van der Waals surface area contributed by atoms with Crippen LogP contribution >= 0.6 is 0 Å². The number of rotatable bonds is 5. The van der Waals surface area contributed by atoms with Gasteiger partial charge in [0.15, 0.2) is 0 Å². The third kappa shape index (κ3) is 3.13. The van der Waals surface area contributed by atoms with Gasteiger partial charge in [0.25, 0.3) is 5.91 Å². The summed E-state index contributed by atoms with van der Waals surface area (Å²) < 4.78 is 0. The van der Waals surface area contributed by atoms with Gasteiger partial charge in [0.2, 0.25) is 0 Å². The van der Waals surface area contributed by atoms with E-state index in [2.05, 4.69) is 5.32 Å². The summed E-state index contributed by atoms with van der Waals surface area (Å²) in [6.45, 7) is 1.84. The third-order valence-electron chi connectivity index (χ3n) is 3.33. The van der Waals surface area contributed by atoms with Gasteiger partial charge in [-0.3, -0.25) is 4.79 Å². The predicted octanol–water partition coefficient (Wildman–Crippen LogP) is 2.53. The molecule has 0 saturated heterocycles. The number of phenolic OH excluding ortho intramolecular Hbond substituents is 1. The fourth-order valence-corrected chi connectivity index (χ4v) is 2.22. The van der Waals surface area contributed by atoms with Crippen molar-refractivity contribution in [1.82, 2.24) is 5.32 Å². The second-order valence-corrected chi connectivity index (χ2v) is 4.84. The van der Waals surface area contributed by atoms with Gasteiger partial charge in [0.1, 0.15) is 11.8 Å². The average molecular weight is 287 g/mol. The van der Waals surface area contributed by atoms with Crippen LogP contribution in [0.15, 0.2) is 36.4 Å². The number of aromatic hydroxyl groups is 1. The Morgan fingerprint density at radius 1 is 1.19 bits per heavy atom. The maximum absolute atomic E-state index is 12.2. The highest BCUT2D eigenvalue weighted by molar-refractivity contribution is 6.04. The number of fused-ring (bicyclic) bond motifs is 1. The molecule has 21 heavy (non-hydrogen) atoms. The first-order valence-corrected chi connectivity index (χ1v) is 6.79. The van der Waals surface area contributed by atoms with Crippen molar-refractivity contribution in [3.05, 3.63) is 42.0 Å². The Balaban J connectivity index is 2.31. The molecule has 0 bridgehead atoms. The fraction of sp³-hybridized carbons (Fsp3) is 0.250. The highest BCUT2D eigenvalue weighted by Gasteiger charge is 2.21. The van der Waals surface area contributed by atoms with Crippen LogP contribution in [0, 0.1) is 0 Å². The zero-order chi connectivity index (χ0) is 15.4. The Bertz CT molecular complexity index is 681. The molecule has 0 aliphatic rings. The van der Waals surface area contributed by atoms with Gasteiger partial charge in [-0.05, 0) is 17.9 Å². The molecule has 1 atom stereocenters. The summed E-state index contributed by atoms with van der Waals surface area (Å²) in [5.74, 6) is -1.80. The van der Waals surface area contributed by atoms with Crippen LogP contribution in [0.3, 0.4) is 0 Å². The molecule has 0 aromatic heterocycles. The number of phenols is 1. The van der Waals surface area contributed by atoms with Crippen molar-refractivity contribution in [3.8, 4) is 5.75 Å². The number of carbonyl (C=O) groups is 2. The first-order chi connectivity index (χ1) is 10.0. The Hall–Kier alpha value is -2.56. The molecule has 0 aliphatic heterocycles. The summed E-state index contributed by atoms with van der Waals surface area (Å²) in [6, 6.07) is 9.41. The van der Waals surface area contributed by atoms with Crippen LogP contribution in [0.4, 0.5) is 0 Å². The van der Waals surface area contributed by atoms with Crippen molar-refractivity contribution in [3.63, 3.8) is 0 Å². The fourth-order valence-electron chi connectivity index (χ4n) is 2.22. The zero-order valence-corrected chi connectivity index (χ0v) is 11.7. The Morgan fingerprint density at radius 2 is 1.90 bits per heavy atom. The maximum Gasteiger partial charge on any atom is 0.326 e. The number of carboxylic acids is 1. The highest BCUT2D eigenvalue weighted by Crippen LogP contribution is 2.28. The van der Waals surface area contributed by atoms with Gasteiger partial charge in [0, 0.05) is 5.39 Å². The third-order valence-corrected chi connectivity index (χ3v) is 3.33. The van der Waals surface area contributed by atoms with E-state index in [-0.39, 0.29) is 11.3 Å². The maximum atomic E-state index is 12.2. The normalized spacial score (nSPS) is 12.0. The Kier molecular flexibility index (Phi) is 4.42. The van der Waals surface area contributed by atoms with E-state index in [1.807, 2.05) is 19.1 Å². The lowest BCUT2D eigenvalue weighted by atomic mass is 10.0. The number of hydrogen-bond donors (Lipinski definition) is 3. The van der Waals surface area contributed by atoms with Gasteiger partial charge in [-0.15, -0.1) is 0 Å². The minimum atomic E-state index is -1.08. The monoisotopic (exact) mass is 287 g/mol. The second kappa shape index (κ2) is 6.26. The molecule has 5 heteroatoms. The second-order valence-electron chi connectivity index (χ2n) is 4.84. The molecular formula is C16H17NO4. The van der Waals surface area contributed by atoms with E-state index in [1.165, 1.54) is 6.07 Å². The first kappa shape index (κ1) is 14.8. The van der Waals surface area contributed by atoms with Crippen molar-refractivity contribution in [2.24, 2.45) is 0 Å². The number of carboxylic acid groups (broad SMARTS) is 1. The molecule has 2 aromatic rings. The van der Waals surface area contributed by atoms with Crippen LogP contribution in [0.25, 0.3) is 10.8 Å². The standard InChI is InChI=1S/C16H17NO4/c1-2-5-13(16(20)21)17-15(19)12-9-8-10-6-3-4-7-11(10)14(12)18/h3-4,6-9,13,18H,2,5H2,1H3,(H,17,19)(H,20,21)/t13-/m0/s1. The molecule has 0 fully saturated rings. The van der Waals surface area contributed by atoms with Crippen molar-refractivity contribution in [2.45, 2.75) is 25.8 Å². The number of carbonyl (C=O) groups excluding carboxylic acids is 1. The summed E-state index contributed by atoms with van der Waals surface area (Å²) in [5.41, 5.74) is 0.0797. The molecule has 2 rings (SSSR count). The largest absolute Gasteiger partial charge is 0.506 e. The number of amides is 1. The van der Waals surface area contributed by atoms with Gasteiger partial charge < -0.3 is 15.5 Å². The number of aliphatic carboxylic acids is 1. The van der Waals surface area contributed by atoms with Crippen LogP contribution < -0.4 is 5.32 Å². The Labute approximate surface area is 122 Å². The average Bonchev–Trinajstić information content (AvgIpc) is 2.47. The van der Waals surface area contributed by atoms with E-state index in [1.54, 1.807) is 18.2 Å². The van der Waals surface area contributed by atoms with Crippen LogP contribution in [0.2, 0.25) is 0 Å². The van der Waals surface area contributed by atoms with E-state index in [0.29, 0.717) is 18.2 Å².